The van der Waals surface area contributed by atoms with Crippen LogP contribution in [0.4, 0.5) is 0 Å². The predicted octanol–water partition coefficient (Wildman–Crippen LogP) is 1.36. The highest BCUT2D eigenvalue weighted by Gasteiger charge is 2.10. The number of rotatable bonds is 8. The smallest absolute Gasteiger partial charge is 0.309 e. The van der Waals surface area contributed by atoms with E-state index in [4.69, 9.17) is 4.74 Å². The molecule has 1 rings (SSSR count). The maximum absolute atomic E-state index is 11.9. The van der Waals surface area contributed by atoms with Gasteiger partial charge in [0.15, 0.2) is 0 Å². The van der Waals surface area contributed by atoms with Crippen LogP contribution in [0.25, 0.3) is 0 Å². The SMILES string of the molecule is CCN(CC)C(=O)CNCc1ccccc1CC(=O)OC. The largest absolute Gasteiger partial charge is 0.469 e. The van der Waals surface area contributed by atoms with Gasteiger partial charge in [-0.2, -0.15) is 0 Å². The molecule has 0 aliphatic heterocycles. The van der Waals surface area contributed by atoms with E-state index in [1.165, 1.54) is 7.11 Å². The number of carbonyl (C=O) groups excluding carboxylic acids is 2. The van der Waals surface area contributed by atoms with Crippen molar-refractivity contribution < 1.29 is 14.3 Å². The van der Waals surface area contributed by atoms with Gasteiger partial charge in [-0.15, -0.1) is 0 Å². The lowest BCUT2D eigenvalue weighted by molar-refractivity contribution is -0.139. The summed E-state index contributed by atoms with van der Waals surface area (Å²) in [4.78, 5) is 25.1. The predicted molar refractivity (Wildman–Crippen MR) is 81.8 cm³/mol. The summed E-state index contributed by atoms with van der Waals surface area (Å²) in [6.45, 7) is 6.22. The maximum atomic E-state index is 11.9. The van der Waals surface area contributed by atoms with Crippen LogP contribution in [0, 0.1) is 0 Å². The van der Waals surface area contributed by atoms with Crippen molar-refractivity contribution in [1.82, 2.24) is 10.2 Å². The van der Waals surface area contributed by atoms with Gasteiger partial charge in [0.2, 0.25) is 5.91 Å². The molecule has 1 aromatic rings. The number of amides is 1. The zero-order valence-electron chi connectivity index (χ0n) is 13.0. The summed E-state index contributed by atoms with van der Waals surface area (Å²) < 4.78 is 4.69. The zero-order chi connectivity index (χ0) is 15.7. The molecular weight excluding hydrogens is 268 g/mol. The van der Waals surface area contributed by atoms with Crippen LogP contribution in [0.2, 0.25) is 0 Å². The molecule has 0 atom stereocenters. The van der Waals surface area contributed by atoms with Crippen molar-refractivity contribution >= 4 is 11.9 Å². The first-order valence-electron chi connectivity index (χ1n) is 7.24. The minimum Gasteiger partial charge on any atom is -0.469 e. The first-order valence-corrected chi connectivity index (χ1v) is 7.24. The molecule has 0 aromatic heterocycles. The van der Waals surface area contributed by atoms with E-state index in [1.54, 1.807) is 4.90 Å². The van der Waals surface area contributed by atoms with Gasteiger partial charge in [0.25, 0.3) is 0 Å². The summed E-state index contributed by atoms with van der Waals surface area (Å²) >= 11 is 0. The summed E-state index contributed by atoms with van der Waals surface area (Å²) in [7, 11) is 1.38. The van der Waals surface area contributed by atoms with E-state index < -0.39 is 0 Å². The Morgan fingerprint density at radius 1 is 1.14 bits per heavy atom. The molecule has 5 heteroatoms. The molecule has 0 aliphatic rings. The lowest BCUT2D eigenvalue weighted by Crippen LogP contribution is -2.37. The average Bonchev–Trinajstić information content (AvgIpc) is 2.50. The van der Waals surface area contributed by atoms with Gasteiger partial charge < -0.3 is 15.0 Å². The van der Waals surface area contributed by atoms with Crippen molar-refractivity contribution in [2.24, 2.45) is 0 Å². The minimum atomic E-state index is -0.262. The summed E-state index contributed by atoms with van der Waals surface area (Å²) in [5, 5.41) is 3.14. The van der Waals surface area contributed by atoms with E-state index in [9.17, 15) is 9.59 Å². The highest BCUT2D eigenvalue weighted by molar-refractivity contribution is 5.78. The van der Waals surface area contributed by atoms with Crippen LogP contribution < -0.4 is 5.32 Å². The number of carbonyl (C=O) groups is 2. The van der Waals surface area contributed by atoms with Crippen LogP contribution in [-0.2, 0) is 27.3 Å². The van der Waals surface area contributed by atoms with Gasteiger partial charge >= 0.3 is 5.97 Å². The monoisotopic (exact) mass is 292 g/mol. The van der Waals surface area contributed by atoms with Crippen LogP contribution in [-0.4, -0.2) is 43.5 Å². The van der Waals surface area contributed by atoms with Gasteiger partial charge in [0.05, 0.1) is 20.1 Å². The number of esters is 1. The number of likely N-dealkylation sites (N-methyl/N-ethyl adjacent to an activating group) is 1. The summed E-state index contributed by atoms with van der Waals surface area (Å²) in [5.41, 5.74) is 1.93. The second kappa shape index (κ2) is 9.13. The van der Waals surface area contributed by atoms with Gasteiger partial charge in [-0.1, -0.05) is 24.3 Å². The molecule has 0 fully saturated rings. The third kappa shape index (κ3) is 5.55. The molecule has 0 aliphatic carbocycles. The third-order valence-electron chi connectivity index (χ3n) is 3.39. The number of nitrogens with one attached hydrogen (secondary N) is 1. The number of methoxy groups -OCH3 is 1. The molecule has 116 valence electrons. The van der Waals surface area contributed by atoms with Gasteiger partial charge in [-0.3, -0.25) is 9.59 Å². The Bertz CT molecular complexity index is 470. The van der Waals surface area contributed by atoms with Crippen molar-refractivity contribution in [2.45, 2.75) is 26.8 Å². The number of hydrogen-bond acceptors (Lipinski definition) is 4. The first kappa shape index (κ1) is 17.2. The molecule has 1 aromatic carbocycles. The lowest BCUT2D eigenvalue weighted by atomic mass is 10.0. The van der Waals surface area contributed by atoms with Crippen LogP contribution >= 0.6 is 0 Å². The molecule has 0 saturated carbocycles. The molecule has 21 heavy (non-hydrogen) atoms. The van der Waals surface area contributed by atoms with Crippen molar-refractivity contribution in [3.63, 3.8) is 0 Å². The van der Waals surface area contributed by atoms with Gasteiger partial charge in [-0.05, 0) is 25.0 Å². The van der Waals surface area contributed by atoms with Crippen molar-refractivity contribution in [1.29, 1.82) is 0 Å². The van der Waals surface area contributed by atoms with Crippen LogP contribution in [0.1, 0.15) is 25.0 Å². The fourth-order valence-electron chi connectivity index (χ4n) is 2.12. The molecule has 0 bridgehead atoms. The van der Waals surface area contributed by atoms with E-state index in [1.807, 2.05) is 38.1 Å². The maximum Gasteiger partial charge on any atom is 0.309 e. The molecular formula is C16H24N2O3. The summed E-state index contributed by atoms with van der Waals surface area (Å²) in [6, 6.07) is 7.67. The molecule has 0 unspecified atom stereocenters. The summed E-state index contributed by atoms with van der Waals surface area (Å²) in [6.07, 6.45) is 0.248. The van der Waals surface area contributed by atoms with E-state index >= 15 is 0 Å². The van der Waals surface area contributed by atoms with Gasteiger partial charge in [0, 0.05) is 19.6 Å². The van der Waals surface area contributed by atoms with Crippen molar-refractivity contribution in [3.8, 4) is 0 Å². The van der Waals surface area contributed by atoms with E-state index in [0.717, 1.165) is 24.2 Å². The molecule has 1 amide bonds. The number of nitrogens with zero attached hydrogens (tertiary/aromatic N) is 1. The minimum absolute atomic E-state index is 0.0884. The zero-order valence-corrected chi connectivity index (χ0v) is 13.0. The number of ether oxygens (including phenoxy) is 1. The van der Waals surface area contributed by atoms with Gasteiger partial charge in [-0.25, -0.2) is 0 Å². The molecule has 0 radical (unpaired) electrons. The van der Waals surface area contributed by atoms with Crippen LogP contribution in [0.15, 0.2) is 24.3 Å². The second-order valence-corrected chi connectivity index (χ2v) is 4.69. The Balaban J connectivity index is 2.55. The van der Waals surface area contributed by atoms with E-state index in [-0.39, 0.29) is 18.3 Å². The quantitative estimate of drug-likeness (QED) is 0.735. The third-order valence-corrected chi connectivity index (χ3v) is 3.39. The van der Waals surface area contributed by atoms with Crippen LogP contribution in [0.3, 0.4) is 0 Å². The fraction of sp³-hybridized carbons (Fsp3) is 0.500. The topological polar surface area (TPSA) is 58.6 Å². The Kier molecular flexibility index (Phi) is 7.46. The van der Waals surface area contributed by atoms with Crippen LogP contribution in [0.5, 0.6) is 0 Å². The van der Waals surface area contributed by atoms with Crippen molar-refractivity contribution in [3.05, 3.63) is 35.4 Å². The molecule has 0 saturated heterocycles. The van der Waals surface area contributed by atoms with Crippen molar-refractivity contribution in [2.75, 3.05) is 26.7 Å². The number of hydrogen-bond donors (Lipinski definition) is 1. The average molecular weight is 292 g/mol. The highest BCUT2D eigenvalue weighted by atomic mass is 16.5. The number of benzene rings is 1. The summed E-state index contributed by atoms with van der Waals surface area (Å²) in [5.74, 6) is -0.174. The molecule has 5 nitrogen and oxygen atoms in total. The molecule has 0 spiro atoms. The van der Waals surface area contributed by atoms with E-state index in [2.05, 4.69) is 5.32 Å². The Morgan fingerprint density at radius 3 is 2.33 bits per heavy atom. The lowest BCUT2D eigenvalue weighted by Gasteiger charge is -2.19. The Hall–Kier alpha value is -1.88. The Labute approximate surface area is 126 Å². The first-order chi connectivity index (χ1) is 10.1. The fourth-order valence-corrected chi connectivity index (χ4v) is 2.12. The molecule has 0 heterocycles. The van der Waals surface area contributed by atoms with Gasteiger partial charge in [0.1, 0.15) is 0 Å². The molecule has 1 N–H and O–H groups in total. The van der Waals surface area contributed by atoms with E-state index in [0.29, 0.717) is 13.1 Å². The normalized spacial score (nSPS) is 10.2. The highest BCUT2D eigenvalue weighted by Crippen LogP contribution is 2.10. The Morgan fingerprint density at radius 2 is 1.76 bits per heavy atom. The second-order valence-electron chi connectivity index (χ2n) is 4.69. The standard InChI is InChI=1S/C16H24N2O3/c1-4-18(5-2)15(19)12-17-11-14-9-7-6-8-13(14)10-16(20)21-3/h6-9,17H,4-5,10-12H2,1-3H3.